The van der Waals surface area contributed by atoms with Gasteiger partial charge in [-0.1, -0.05) is 36.8 Å². The Bertz CT molecular complexity index is 267. The highest BCUT2D eigenvalue weighted by Gasteiger charge is 2.26. The van der Waals surface area contributed by atoms with Crippen LogP contribution in [-0.4, -0.2) is 18.8 Å². The summed E-state index contributed by atoms with van der Waals surface area (Å²) in [7, 11) is 1.89. The van der Waals surface area contributed by atoms with E-state index in [1.54, 1.807) is 0 Å². The summed E-state index contributed by atoms with van der Waals surface area (Å²) in [5.74, 6) is 0. The molecule has 2 heteroatoms. The first-order valence-electron chi connectivity index (χ1n) is 5.05. The van der Waals surface area contributed by atoms with Crippen molar-refractivity contribution >= 4 is 0 Å². The van der Waals surface area contributed by atoms with Gasteiger partial charge in [-0.15, -0.1) is 0 Å². The van der Waals surface area contributed by atoms with E-state index in [1.165, 1.54) is 5.56 Å². The van der Waals surface area contributed by atoms with Crippen molar-refractivity contribution in [1.29, 1.82) is 0 Å². The van der Waals surface area contributed by atoms with Gasteiger partial charge in [0, 0.05) is 0 Å². The molecular weight excluding hydrogens is 174 g/mol. The maximum absolute atomic E-state index is 9.44. The third kappa shape index (κ3) is 1.97. The van der Waals surface area contributed by atoms with Gasteiger partial charge in [-0.05, 0) is 26.0 Å². The van der Waals surface area contributed by atoms with Gasteiger partial charge in [-0.2, -0.15) is 0 Å². The molecule has 1 unspecified atom stereocenters. The summed E-state index contributed by atoms with van der Waals surface area (Å²) in [6.07, 6.45) is 0.878. The van der Waals surface area contributed by atoms with Crippen molar-refractivity contribution in [3.63, 3.8) is 0 Å². The first kappa shape index (κ1) is 11.2. The number of aliphatic hydroxyl groups is 1. The fraction of sp³-hybridized carbons (Fsp3) is 0.500. The summed E-state index contributed by atoms with van der Waals surface area (Å²) >= 11 is 0. The molecule has 14 heavy (non-hydrogen) atoms. The lowest BCUT2D eigenvalue weighted by molar-refractivity contribution is 0.164. The highest BCUT2D eigenvalue weighted by molar-refractivity contribution is 5.28. The van der Waals surface area contributed by atoms with Crippen molar-refractivity contribution in [3.05, 3.63) is 35.4 Å². The Balaban J connectivity index is 3.05. The molecule has 1 atom stereocenters. The highest BCUT2D eigenvalue weighted by Crippen LogP contribution is 2.24. The molecule has 1 rings (SSSR count). The Morgan fingerprint density at radius 3 is 2.21 bits per heavy atom. The van der Waals surface area contributed by atoms with Crippen LogP contribution in [0.2, 0.25) is 0 Å². The number of rotatable bonds is 4. The van der Waals surface area contributed by atoms with E-state index < -0.39 is 0 Å². The molecule has 0 fully saturated rings. The Morgan fingerprint density at radius 2 is 1.86 bits per heavy atom. The van der Waals surface area contributed by atoms with Crippen molar-refractivity contribution in [2.24, 2.45) is 0 Å². The van der Waals surface area contributed by atoms with Gasteiger partial charge in [0.15, 0.2) is 0 Å². The zero-order valence-electron chi connectivity index (χ0n) is 9.17. The Morgan fingerprint density at radius 1 is 1.29 bits per heavy atom. The standard InChI is InChI=1S/C12H19NO/c1-4-12(9-14,13-3)11-7-5-10(2)6-8-11/h5-8,13-14H,4,9H2,1-3H3. The van der Waals surface area contributed by atoms with Gasteiger partial charge in [-0.25, -0.2) is 0 Å². The normalized spacial score (nSPS) is 15.1. The molecule has 2 N–H and O–H groups in total. The van der Waals surface area contributed by atoms with Crippen LogP contribution >= 0.6 is 0 Å². The Hall–Kier alpha value is -0.860. The summed E-state index contributed by atoms with van der Waals surface area (Å²) in [6.45, 7) is 4.27. The Kier molecular flexibility index (Phi) is 3.67. The molecular formula is C12H19NO. The minimum absolute atomic E-state index is 0.128. The van der Waals surface area contributed by atoms with Crippen molar-refractivity contribution in [3.8, 4) is 0 Å². The second kappa shape index (κ2) is 4.58. The van der Waals surface area contributed by atoms with Gasteiger partial charge < -0.3 is 10.4 Å². The lowest BCUT2D eigenvalue weighted by atomic mass is 9.88. The van der Waals surface area contributed by atoms with Crippen LogP contribution in [-0.2, 0) is 5.54 Å². The van der Waals surface area contributed by atoms with Crippen LogP contribution in [0, 0.1) is 6.92 Å². The first-order valence-corrected chi connectivity index (χ1v) is 5.05. The van der Waals surface area contributed by atoms with Gasteiger partial charge >= 0.3 is 0 Å². The van der Waals surface area contributed by atoms with Crippen molar-refractivity contribution in [1.82, 2.24) is 5.32 Å². The van der Waals surface area contributed by atoms with Gasteiger partial charge in [0.25, 0.3) is 0 Å². The highest BCUT2D eigenvalue weighted by atomic mass is 16.3. The molecule has 0 saturated carbocycles. The minimum Gasteiger partial charge on any atom is -0.394 e. The molecule has 1 aromatic rings. The molecule has 0 aliphatic carbocycles. The molecule has 2 nitrogen and oxygen atoms in total. The molecule has 0 bridgehead atoms. The fourth-order valence-electron chi connectivity index (χ4n) is 1.68. The number of hydrogen-bond acceptors (Lipinski definition) is 2. The van der Waals surface area contributed by atoms with Gasteiger partial charge in [0.2, 0.25) is 0 Å². The largest absolute Gasteiger partial charge is 0.394 e. The van der Waals surface area contributed by atoms with E-state index in [4.69, 9.17) is 0 Å². The van der Waals surface area contributed by atoms with Crippen LogP contribution in [0.25, 0.3) is 0 Å². The molecule has 0 amide bonds. The molecule has 0 aliphatic rings. The summed E-state index contributed by atoms with van der Waals surface area (Å²) in [5, 5.41) is 12.6. The van der Waals surface area contributed by atoms with E-state index in [-0.39, 0.29) is 12.1 Å². The predicted octanol–water partition coefficient (Wildman–Crippen LogP) is 1.81. The van der Waals surface area contributed by atoms with Crippen LogP contribution in [0.5, 0.6) is 0 Å². The summed E-state index contributed by atoms with van der Waals surface area (Å²) in [6, 6.07) is 8.30. The zero-order chi connectivity index (χ0) is 10.6. The monoisotopic (exact) mass is 193 g/mol. The van der Waals surface area contributed by atoms with E-state index >= 15 is 0 Å². The minimum atomic E-state index is -0.284. The number of likely N-dealkylation sites (N-methyl/N-ethyl adjacent to an activating group) is 1. The quantitative estimate of drug-likeness (QED) is 0.764. The second-order valence-corrected chi connectivity index (χ2v) is 3.71. The maximum Gasteiger partial charge on any atom is 0.0664 e. The smallest absolute Gasteiger partial charge is 0.0664 e. The number of aryl methyl sites for hydroxylation is 1. The molecule has 78 valence electrons. The zero-order valence-corrected chi connectivity index (χ0v) is 9.17. The SMILES string of the molecule is CCC(CO)(NC)c1ccc(C)cc1. The van der Waals surface area contributed by atoms with Gasteiger partial charge in [-0.3, -0.25) is 0 Å². The molecule has 0 radical (unpaired) electrons. The average Bonchev–Trinajstić information content (AvgIpc) is 2.24. The van der Waals surface area contributed by atoms with Crippen LogP contribution in [0.3, 0.4) is 0 Å². The summed E-state index contributed by atoms with van der Waals surface area (Å²) in [5.41, 5.74) is 2.11. The third-order valence-corrected chi connectivity index (χ3v) is 2.96. The van der Waals surface area contributed by atoms with E-state index in [2.05, 4.69) is 43.4 Å². The molecule has 0 heterocycles. The lowest BCUT2D eigenvalue weighted by Gasteiger charge is -2.31. The number of nitrogens with one attached hydrogen (secondary N) is 1. The molecule has 0 aromatic heterocycles. The van der Waals surface area contributed by atoms with E-state index in [0.717, 1.165) is 12.0 Å². The number of hydrogen-bond donors (Lipinski definition) is 2. The first-order chi connectivity index (χ1) is 6.68. The summed E-state index contributed by atoms with van der Waals surface area (Å²) < 4.78 is 0. The topological polar surface area (TPSA) is 32.3 Å². The van der Waals surface area contributed by atoms with E-state index in [9.17, 15) is 5.11 Å². The lowest BCUT2D eigenvalue weighted by Crippen LogP contribution is -2.42. The van der Waals surface area contributed by atoms with Crippen LogP contribution in [0.1, 0.15) is 24.5 Å². The van der Waals surface area contributed by atoms with Crippen LogP contribution in [0.4, 0.5) is 0 Å². The molecule has 0 spiro atoms. The third-order valence-electron chi connectivity index (χ3n) is 2.96. The van der Waals surface area contributed by atoms with E-state index in [0.29, 0.717) is 0 Å². The fourth-order valence-corrected chi connectivity index (χ4v) is 1.68. The second-order valence-electron chi connectivity index (χ2n) is 3.71. The molecule has 0 aliphatic heterocycles. The van der Waals surface area contributed by atoms with Crippen molar-refractivity contribution in [2.75, 3.05) is 13.7 Å². The van der Waals surface area contributed by atoms with Crippen LogP contribution in [0.15, 0.2) is 24.3 Å². The molecule has 1 aromatic carbocycles. The number of aliphatic hydroxyl groups excluding tert-OH is 1. The number of benzene rings is 1. The Labute approximate surface area is 86.0 Å². The van der Waals surface area contributed by atoms with Crippen molar-refractivity contribution in [2.45, 2.75) is 25.8 Å². The van der Waals surface area contributed by atoms with E-state index in [1.807, 2.05) is 7.05 Å². The average molecular weight is 193 g/mol. The summed E-state index contributed by atoms with van der Waals surface area (Å²) in [4.78, 5) is 0. The predicted molar refractivity (Wildman–Crippen MR) is 59.3 cm³/mol. The van der Waals surface area contributed by atoms with Crippen LogP contribution < -0.4 is 5.32 Å². The maximum atomic E-state index is 9.44. The van der Waals surface area contributed by atoms with Gasteiger partial charge in [0.05, 0.1) is 12.1 Å². The molecule has 0 saturated heterocycles. The van der Waals surface area contributed by atoms with Crippen molar-refractivity contribution < 1.29 is 5.11 Å². The van der Waals surface area contributed by atoms with Gasteiger partial charge in [0.1, 0.15) is 0 Å².